The second-order valence-corrected chi connectivity index (χ2v) is 6.62. The molecule has 2 aromatic rings. The van der Waals surface area contributed by atoms with Gasteiger partial charge in [0.2, 0.25) is 5.91 Å². The highest BCUT2D eigenvalue weighted by atomic mass is 19.1. The molecular weight excluding hydrogens is 387 g/mol. The molecule has 0 spiro atoms. The van der Waals surface area contributed by atoms with Crippen molar-refractivity contribution in [3.8, 4) is 0 Å². The van der Waals surface area contributed by atoms with Crippen LogP contribution in [0.5, 0.6) is 0 Å². The van der Waals surface area contributed by atoms with Crippen molar-refractivity contribution in [2.24, 2.45) is 5.73 Å². The molecule has 2 rings (SSSR count). The number of nitrogens with two attached hydrogens (primary N) is 1. The van der Waals surface area contributed by atoms with E-state index in [1.165, 1.54) is 37.6 Å². The number of anilines is 1. The number of hydrogen-bond acceptors (Lipinski definition) is 5. The van der Waals surface area contributed by atoms with Gasteiger partial charge in [-0.15, -0.1) is 0 Å². The van der Waals surface area contributed by atoms with Crippen molar-refractivity contribution in [1.82, 2.24) is 14.9 Å². The van der Waals surface area contributed by atoms with Crippen LogP contribution in [0.3, 0.4) is 0 Å². The van der Waals surface area contributed by atoms with Crippen LogP contribution in [-0.4, -0.2) is 39.7 Å². The second-order valence-electron chi connectivity index (χ2n) is 6.62. The van der Waals surface area contributed by atoms with E-state index < -0.39 is 17.6 Å². The number of carbonyl (C=O) groups is 2. The monoisotopic (exact) mass is 412 g/mol. The Morgan fingerprint density at radius 2 is 2.07 bits per heavy atom. The van der Waals surface area contributed by atoms with Crippen molar-refractivity contribution in [2.75, 3.05) is 12.4 Å². The maximum absolute atomic E-state index is 14.1. The first-order valence-corrected chi connectivity index (χ1v) is 9.50. The SMILES string of the molecule is CCC/C=C/c1cnc(C(=O)Nc2ccc(F)c(CCC(=O)N(C)C(=N)N)c2)cn1. The summed E-state index contributed by atoms with van der Waals surface area (Å²) in [5.74, 6) is -1.75. The predicted molar refractivity (Wildman–Crippen MR) is 113 cm³/mol. The molecule has 0 aliphatic carbocycles. The molecule has 8 nitrogen and oxygen atoms in total. The molecule has 2 amide bonds. The molecule has 0 unspecified atom stereocenters. The number of benzene rings is 1. The van der Waals surface area contributed by atoms with E-state index in [-0.39, 0.29) is 30.1 Å². The molecule has 0 aliphatic rings. The highest BCUT2D eigenvalue weighted by molar-refractivity contribution is 6.02. The number of carbonyl (C=O) groups excluding carboxylic acids is 2. The summed E-state index contributed by atoms with van der Waals surface area (Å²) in [5.41, 5.74) is 6.69. The molecule has 1 heterocycles. The molecule has 1 aromatic carbocycles. The molecule has 4 N–H and O–H groups in total. The molecule has 9 heteroatoms. The van der Waals surface area contributed by atoms with Crippen molar-refractivity contribution < 1.29 is 14.0 Å². The van der Waals surface area contributed by atoms with Crippen LogP contribution in [0.25, 0.3) is 6.08 Å². The summed E-state index contributed by atoms with van der Waals surface area (Å²) in [5, 5.41) is 9.90. The summed E-state index contributed by atoms with van der Waals surface area (Å²) >= 11 is 0. The van der Waals surface area contributed by atoms with Crippen LogP contribution in [0.4, 0.5) is 10.1 Å². The molecule has 0 saturated carbocycles. The van der Waals surface area contributed by atoms with Crippen molar-refractivity contribution in [3.63, 3.8) is 0 Å². The van der Waals surface area contributed by atoms with E-state index in [1.54, 1.807) is 0 Å². The fourth-order valence-electron chi connectivity index (χ4n) is 2.49. The number of nitrogens with zero attached hydrogens (tertiary/aromatic N) is 3. The molecule has 0 saturated heterocycles. The summed E-state index contributed by atoms with van der Waals surface area (Å²) in [6, 6.07) is 4.11. The molecule has 1 aromatic heterocycles. The smallest absolute Gasteiger partial charge is 0.275 e. The van der Waals surface area contributed by atoms with Crippen molar-refractivity contribution in [1.29, 1.82) is 5.41 Å². The van der Waals surface area contributed by atoms with E-state index in [4.69, 9.17) is 11.1 Å². The molecule has 0 aliphatic heterocycles. The van der Waals surface area contributed by atoms with Crippen LogP contribution >= 0.6 is 0 Å². The van der Waals surface area contributed by atoms with Crippen molar-refractivity contribution in [2.45, 2.75) is 32.6 Å². The highest BCUT2D eigenvalue weighted by Gasteiger charge is 2.14. The number of nitrogens with one attached hydrogen (secondary N) is 2. The number of unbranched alkanes of at least 4 members (excludes halogenated alkanes) is 1. The molecule has 30 heavy (non-hydrogen) atoms. The third kappa shape index (κ3) is 6.47. The van der Waals surface area contributed by atoms with Crippen LogP contribution < -0.4 is 11.1 Å². The van der Waals surface area contributed by atoms with Gasteiger partial charge in [-0.1, -0.05) is 19.4 Å². The summed E-state index contributed by atoms with van der Waals surface area (Å²) in [4.78, 5) is 33.6. The lowest BCUT2D eigenvalue weighted by Gasteiger charge is -2.14. The van der Waals surface area contributed by atoms with E-state index in [1.807, 2.05) is 12.2 Å². The third-order valence-electron chi connectivity index (χ3n) is 4.30. The van der Waals surface area contributed by atoms with Crippen LogP contribution in [0.2, 0.25) is 0 Å². The first-order chi connectivity index (χ1) is 14.3. The van der Waals surface area contributed by atoms with Crippen LogP contribution in [-0.2, 0) is 11.2 Å². The second kappa shape index (κ2) is 10.8. The van der Waals surface area contributed by atoms with E-state index in [0.717, 1.165) is 17.7 Å². The van der Waals surface area contributed by atoms with Gasteiger partial charge >= 0.3 is 0 Å². The Hall–Kier alpha value is -3.62. The Morgan fingerprint density at radius 1 is 1.30 bits per heavy atom. The Kier molecular flexibility index (Phi) is 8.16. The number of allylic oxidation sites excluding steroid dienone is 1. The average Bonchev–Trinajstić information content (AvgIpc) is 2.73. The normalized spacial score (nSPS) is 10.8. The minimum atomic E-state index is -0.491. The van der Waals surface area contributed by atoms with Crippen molar-refractivity contribution >= 4 is 29.5 Å². The lowest BCUT2D eigenvalue weighted by molar-refractivity contribution is -0.126. The van der Waals surface area contributed by atoms with Gasteiger partial charge in [-0.05, 0) is 42.7 Å². The van der Waals surface area contributed by atoms with Gasteiger partial charge in [0.15, 0.2) is 5.96 Å². The van der Waals surface area contributed by atoms with Gasteiger partial charge in [-0.3, -0.25) is 24.9 Å². The highest BCUT2D eigenvalue weighted by Crippen LogP contribution is 2.17. The van der Waals surface area contributed by atoms with Gasteiger partial charge < -0.3 is 11.1 Å². The zero-order valence-electron chi connectivity index (χ0n) is 17.0. The zero-order chi connectivity index (χ0) is 22.1. The number of halogens is 1. The number of rotatable bonds is 8. The standard InChI is InChI=1S/C21H25FN6O2/c1-3-4-5-6-16-12-26-18(13-25-16)20(30)27-15-8-9-17(22)14(11-15)7-10-19(29)28(2)21(23)24/h5-6,8-9,11-13H,3-4,7,10H2,1-2H3,(H3,23,24)(H,27,30)/b6-5+. The number of guanidine groups is 1. The van der Waals surface area contributed by atoms with E-state index in [0.29, 0.717) is 11.4 Å². The van der Waals surface area contributed by atoms with E-state index in [9.17, 15) is 14.0 Å². The third-order valence-corrected chi connectivity index (χ3v) is 4.30. The lowest BCUT2D eigenvalue weighted by atomic mass is 10.1. The summed E-state index contributed by atoms with van der Waals surface area (Å²) in [6.07, 6.45) is 8.76. The van der Waals surface area contributed by atoms with Crippen LogP contribution in [0, 0.1) is 11.2 Å². The molecule has 158 valence electrons. The topological polar surface area (TPSA) is 125 Å². The Balaban J connectivity index is 2.03. The molecule has 0 fully saturated rings. The summed E-state index contributed by atoms with van der Waals surface area (Å²) in [6.45, 7) is 2.08. The number of amides is 2. The maximum atomic E-state index is 14.1. The maximum Gasteiger partial charge on any atom is 0.275 e. The number of aromatic nitrogens is 2. The minimum Gasteiger partial charge on any atom is -0.370 e. The fourth-order valence-corrected chi connectivity index (χ4v) is 2.49. The lowest BCUT2D eigenvalue weighted by Crippen LogP contribution is -2.38. The number of aryl methyl sites for hydroxylation is 1. The van der Waals surface area contributed by atoms with Gasteiger partial charge in [-0.2, -0.15) is 0 Å². The first kappa shape index (κ1) is 22.7. The molecular formula is C21H25FN6O2. The fraction of sp³-hybridized carbons (Fsp3) is 0.286. The Labute approximate surface area is 174 Å². The summed E-state index contributed by atoms with van der Waals surface area (Å²) < 4.78 is 14.1. The minimum absolute atomic E-state index is 0.0249. The molecule has 0 atom stereocenters. The van der Waals surface area contributed by atoms with E-state index >= 15 is 0 Å². The quantitative estimate of drug-likeness (QED) is 0.454. The first-order valence-electron chi connectivity index (χ1n) is 9.50. The van der Waals surface area contributed by atoms with E-state index in [2.05, 4.69) is 22.2 Å². The zero-order valence-corrected chi connectivity index (χ0v) is 17.0. The summed E-state index contributed by atoms with van der Waals surface area (Å²) in [7, 11) is 1.38. The van der Waals surface area contributed by atoms with Gasteiger partial charge in [0, 0.05) is 19.2 Å². The average molecular weight is 412 g/mol. The van der Waals surface area contributed by atoms with Gasteiger partial charge in [0.25, 0.3) is 5.91 Å². The van der Waals surface area contributed by atoms with Crippen LogP contribution in [0.15, 0.2) is 36.7 Å². The van der Waals surface area contributed by atoms with Crippen molar-refractivity contribution in [3.05, 3.63) is 59.4 Å². The Morgan fingerprint density at radius 3 is 2.70 bits per heavy atom. The van der Waals surface area contributed by atoms with Gasteiger partial charge in [-0.25, -0.2) is 9.37 Å². The molecule has 0 radical (unpaired) electrons. The Bertz CT molecular complexity index is 943. The van der Waals surface area contributed by atoms with Crippen LogP contribution in [0.1, 0.15) is 47.9 Å². The van der Waals surface area contributed by atoms with Gasteiger partial charge in [0.1, 0.15) is 11.5 Å². The molecule has 0 bridgehead atoms. The number of hydrogen-bond donors (Lipinski definition) is 3. The van der Waals surface area contributed by atoms with Gasteiger partial charge in [0.05, 0.1) is 18.1 Å². The largest absolute Gasteiger partial charge is 0.370 e. The predicted octanol–water partition coefficient (Wildman–Crippen LogP) is 2.97.